The van der Waals surface area contributed by atoms with Gasteiger partial charge in [-0.05, 0) is 40.0 Å². The van der Waals surface area contributed by atoms with E-state index in [4.69, 9.17) is 4.74 Å². The summed E-state index contributed by atoms with van der Waals surface area (Å²) in [6.45, 7) is 7.45. The average molecular weight is 358 g/mol. The van der Waals surface area contributed by atoms with Crippen LogP contribution in [-0.2, 0) is 14.6 Å². The molecule has 0 aromatic carbocycles. The fourth-order valence-corrected chi connectivity index (χ4v) is 5.78. The quantitative estimate of drug-likeness (QED) is 0.611. The minimum Gasteiger partial charge on any atom is -0.378 e. The van der Waals surface area contributed by atoms with Crippen LogP contribution in [0.4, 0.5) is 0 Å². The van der Waals surface area contributed by atoms with Crippen molar-refractivity contribution < 1.29 is 13.2 Å². The number of guanidine groups is 1. The van der Waals surface area contributed by atoms with Gasteiger partial charge in [-0.25, -0.2) is 8.42 Å². The Hall–Kier alpha value is -0.820. The SMILES string of the molecule is CCOC1CC(NC(=NC)N2CCS(=O)(=O)C(C)(C)C2)C12CCC2. The molecule has 138 valence electrons. The van der Waals surface area contributed by atoms with Crippen LogP contribution in [0.2, 0.25) is 0 Å². The van der Waals surface area contributed by atoms with Crippen LogP contribution in [-0.4, -0.2) is 68.7 Å². The Morgan fingerprint density at radius 1 is 1.38 bits per heavy atom. The maximum atomic E-state index is 12.2. The molecule has 3 fully saturated rings. The molecule has 1 spiro atoms. The third-order valence-corrected chi connectivity index (χ3v) is 8.83. The smallest absolute Gasteiger partial charge is 0.193 e. The molecule has 0 bridgehead atoms. The maximum absolute atomic E-state index is 12.2. The van der Waals surface area contributed by atoms with Gasteiger partial charge < -0.3 is 15.0 Å². The highest BCUT2D eigenvalue weighted by atomic mass is 32.2. The van der Waals surface area contributed by atoms with E-state index in [0.717, 1.165) is 19.0 Å². The lowest BCUT2D eigenvalue weighted by atomic mass is 9.51. The molecule has 0 radical (unpaired) electrons. The first kappa shape index (κ1) is 18.0. The van der Waals surface area contributed by atoms with E-state index in [0.29, 0.717) is 25.2 Å². The second-order valence-electron chi connectivity index (χ2n) is 8.01. The van der Waals surface area contributed by atoms with Crippen LogP contribution in [0.15, 0.2) is 4.99 Å². The van der Waals surface area contributed by atoms with E-state index < -0.39 is 14.6 Å². The largest absolute Gasteiger partial charge is 0.378 e. The fourth-order valence-electron chi connectivity index (χ4n) is 4.42. The first-order chi connectivity index (χ1) is 11.3. The lowest BCUT2D eigenvalue weighted by Crippen LogP contribution is -2.69. The summed E-state index contributed by atoms with van der Waals surface area (Å²) in [7, 11) is -1.25. The van der Waals surface area contributed by atoms with Gasteiger partial charge in [-0.2, -0.15) is 0 Å². The molecule has 6 nitrogen and oxygen atoms in total. The van der Waals surface area contributed by atoms with Gasteiger partial charge in [-0.1, -0.05) is 6.42 Å². The van der Waals surface area contributed by atoms with E-state index in [-0.39, 0.29) is 11.2 Å². The number of nitrogens with one attached hydrogen (secondary N) is 1. The van der Waals surface area contributed by atoms with Crippen molar-refractivity contribution in [1.82, 2.24) is 10.2 Å². The highest BCUT2D eigenvalue weighted by Crippen LogP contribution is 2.57. The second-order valence-corrected chi connectivity index (χ2v) is 10.8. The molecule has 2 unspecified atom stereocenters. The van der Waals surface area contributed by atoms with Crippen molar-refractivity contribution in [3.8, 4) is 0 Å². The summed E-state index contributed by atoms with van der Waals surface area (Å²) in [5, 5.41) is 3.62. The van der Waals surface area contributed by atoms with Crippen LogP contribution in [0.25, 0.3) is 0 Å². The number of aliphatic imine (C=N–C) groups is 1. The zero-order chi connectivity index (χ0) is 17.6. The molecule has 1 heterocycles. The topological polar surface area (TPSA) is 71.0 Å². The third-order valence-electron chi connectivity index (χ3n) is 6.30. The molecule has 1 N–H and O–H groups in total. The number of sulfone groups is 1. The van der Waals surface area contributed by atoms with Gasteiger partial charge in [-0.3, -0.25) is 4.99 Å². The van der Waals surface area contributed by atoms with Crippen LogP contribution in [0.5, 0.6) is 0 Å². The maximum Gasteiger partial charge on any atom is 0.193 e. The molecule has 0 aromatic heterocycles. The Morgan fingerprint density at radius 2 is 2.08 bits per heavy atom. The molecule has 1 saturated heterocycles. The van der Waals surface area contributed by atoms with Gasteiger partial charge in [0.25, 0.3) is 0 Å². The predicted molar refractivity (Wildman–Crippen MR) is 96.0 cm³/mol. The zero-order valence-corrected chi connectivity index (χ0v) is 16.2. The molecule has 7 heteroatoms. The van der Waals surface area contributed by atoms with Crippen molar-refractivity contribution in [2.45, 2.75) is 63.3 Å². The van der Waals surface area contributed by atoms with Crippen molar-refractivity contribution in [1.29, 1.82) is 0 Å². The predicted octanol–water partition coefficient (Wildman–Crippen LogP) is 1.42. The van der Waals surface area contributed by atoms with Gasteiger partial charge in [0.15, 0.2) is 15.8 Å². The standard InChI is InChI=1S/C17H31N3O3S/c1-5-23-14-11-13(17(14)7-6-8-17)19-15(18-4)20-9-10-24(21,22)16(2,3)12-20/h13-14H,5-12H2,1-4H3,(H,18,19). The van der Waals surface area contributed by atoms with Crippen LogP contribution in [0.1, 0.15) is 46.5 Å². The van der Waals surface area contributed by atoms with E-state index in [1.807, 2.05) is 13.8 Å². The third kappa shape index (κ3) is 2.73. The minimum absolute atomic E-state index is 0.193. The molecule has 3 rings (SSSR count). The number of hydrogen-bond donors (Lipinski definition) is 1. The van der Waals surface area contributed by atoms with Crippen LogP contribution < -0.4 is 5.32 Å². The summed E-state index contributed by atoms with van der Waals surface area (Å²) in [6.07, 6.45) is 5.08. The van der Waals surface area contributed by atoms with Crippen molar-refractivity contribution in [2.75, 3.05) is 32.5 Å². The second kappa shape index (κ2) is 6.16. The molecule has 2 aliphatic carbocycles. The normalized spacial score (nSPS) is 33.7. The molecule has 0 amide bonds. The molecule has 24 heavy (non-hydrogen) atoms. The Kier molecular flexibility index (Phi) is 4.62. The van der Waals surface area contributed by atoms with Crippen LogP contribution in [0.3, 0.4) is 0 Å². The molecule has 3 aliphatic rings. The fraction of sp³-hybridized carbons (Fsp3) is 0.941. The minimum atomic E-state index is -3.03. The van der Waals surface area contributed by atoms with Crippen LogP contribution >= 0.6 is 0 Å². The number of rotatable bonds is 3. The van der Waals surface area contributed by atoms with Gasteiger partial charge in [0, 0.05) is 38.2 Å². The van der Waals surface area contributed by atoms with Crippen molar-refractivity contribution in [3.05, 3.63) is 0 Å². The molecule has 1 aliphatic heterocycles. The highest BCUT2D eigenvalue weighted by Gasteiger charge is 2.59. The first-order valence-corrected chi connectivity index (χ1v) is 10.7. The lowest BCUT2D eigenvalue weighted by molar-refractivity contribution is -0.168. The summed E-state index contributed by atoms with van der Waals surface area (Å²) in [5.41, 5.74) is 0.267. The summed E-state index contributed by atoms with van der Waals surface area (Å²) in [5.74, 6) is 1.03. The monoisotopic (exact) mass is 357 g/mol. The summed E-state index contributed by atoms with van der Waals surface area (Å²) >= 11 is 0. The van der Waals surface area contributed by atoms with E-state index in [9.17, 15) is 8.42 Å². The number of nitrogens with zero attached hydrogens (tertiary/aromatic N) is 2. The van der Waals surface area contributed by atoms with E-state index in [1.165, 1.54) is 19.3 Å². The zero-order valence-electron chi connectivity index (χ0n) is 15.3. The van der Waals surface area contributed by atoms with Crippen molar-refractivity contribution in [2.24, 2.45) is 10.4 Å². The Labute approximate surface area is 146 Å². The van der Waals surface area contributed by atoms with E-state index in [1.54, 1.807) is 7.05 Å². The van der Waals surface area contributed by atoms with Gasteiger partial charge in [0.1, 0.15) is 0 Å². The Balaban J connectivity index is 1.67. The van der Waals surface area contributed by atoms with E-state index >= 15 is 0 Å². The number of hydrogen-bond acceptors (Lipinski definition) is 4. The Bertz CT molecular complexity index is 611. The molecular formula is C17H31N3O3S. The highest BCUT2D eigenvalue weighted by molar-refractivity contribution is 7.92. The Morgan fingerprint density at radius 3 is 2.58 bits per heavy atom. The number of ether oxygens (including phenoxy) is 1. The molecule has 2 atom stereocenters. The summed E-state index contributed by atoms with van der Waals surface area (Å²) in [6, 6.07) is 0.392. The van der Waals surface area contributed by atoms with Gasteiger partial charge in [-0.15, -0.1) is 0 Å². The molecular weight excluding hydrogens is 326 g/mol. The summed E-state index contributed by atoms with van der Waals surface area (Å²) < 4.78 is 29.6. The van der Waals surface area contributed by atoms with E-state index in [2.05, 4.69) is 22.1 Å². The molecule has 0 aromatic rings. The van der Waals surface area contributed by atoms with Crippen molar-refractivity contribution >= 4 is 15.8 Å². The average Bonchev–Trinajstić information content (AvgIpc) is 2.43. The van der Waals surface area contributed by atoms with Gasteiger partial charge in [0.05, 0.1) is 16.6 Å². The van der Waals surface area contributed by atoms with Crippen LogP contribution in [0, 0.1) is 5.41 Å². The van der Waals surface area contributed by atoms with Gasteiger partial charge >= 0.3 is 0 Å². The lowest BCUT2D eigenvalue weighted by Gasteiger charge is -2.61. The van der Waals surface area contributed by atoms with Crippen molar-refractivity contribution in [3.63, 3.8) is 0 Å². The van der Waals surface area contributed by atoms with Gasteiger partial charge in [0.2, 0.25) is 0 Å². The molecule has 2 saturated carbocycles. The first-order valence-electron chi connectivity index (χ1n) is 9.08. The summed E-state index contributed by atoms with van der Waals surface area (Å²) in [4.78, 5) is 6.54.